The Kier molecular flexibility index (Phi) is 3.34. The Bertz CT molecular complexity index is 301. The van der Waals surface area contributed by atoms with Gasteiger partial charge in [-0.1, -0.05) is 6.08 Å². The fraction of sp³-hybridized carbons (Fsp3) is 0.818. The summed E-state index contributed by atoms with van der Waals surface area (Å²) in [5, 5.41) is 0.961. The molecule has 2 aliphatic rings. The molecule has 2 bridgehead atoms. The van der Waals surface area contributed by atoms with Crippen molar-refractivity contribution in [2.24, 2.45) is 11.8 Å². The summed E-state index contributed by atoms with van der Waals surface area (Å²) in [5.74, 6) is 1.08. The molecule has 0 N–H and O–H groups in total. The van der Waals surface area contributed by atoms with Gasteiger partial charge in [0, 0.05) is 5.31 Å². The quantitative estimate of drug-likeness (QED) is 0.677. The largest absolute Gasteiger partial charge is 0.357 e. The van der Waals surface area contributed by atoms with E-state index in [1.807, 2.05) is 13.8 Å². The van der Waals surface area contributed by atoms with Crippen molar-refractivity contribution in [1.29, 1.82) is 0 Å². The topological polar surface area (TPSA) is 35.5 Å². The van der Waals surface area contributed by atoms with Crippen LogP contribution >= 0.6 is 7.60 Å². The molecule has 2 rings (SSSR count). The zero-order chi connectivity index (χ0) is 10.9. The summed E-state index contributed by atoms with van der Waals surface area (Å²) in [5.41, 5.74) is 0. The molecule has 4 heteroatoms. The van der Waals surface area contributed by atoms with Gasteiger partial charge in [0.15, 0.2) is 0 Å². The summed E-state index contributed by atoms with van der Waals surface area (Å²) in [4.78, 5) is 0. The number of allylic oxidation sites excluding steroid dienone is 2. The van der Waals surface area contributed by atoms with Crippen LogP contribution in [0.25, 0.3) is 0 Å². The van der Waals surface area contributed by atoms with Crippen LogP contribution in [0.2, 0.25) is 0 Å². The van der Waals surface area contributed by atoms with Crippen LogP contribution in [-0.2, 0) is 13.6 Å². The summed E-state index contributed by atoms with van der Waals surface area (Å²) in [6, 6.07) is 0. The van der Waals surface area contributed by atoms with Gasteiger partial charge in [-0.3, -0.25) is 4.57 Å². The first-order valence-electron chi connectivity index (χ1n) is 5.81. The zero-order valence-electron chi connectivity index (χ0n) is 9.44. The molecule has 2 aliphatic carbocycles. The second-order valence-electron chi connectivity index (χ2n) is 4.19. The first-order valence-corrected chi connectivity index (χ1v) is 7.35. The van der Waals surface area contributed by atoms with Gasteiger partial charge in [-0.25, -0.2) is 0 Å². The Hall–Kier alpha value is -0.110. The van der Waals surface area contributed by atoms with E-state index >= 15 is 0 Å². The highest BCUT2D eigenvalue weighted by molar-refractivity contribution is 7.58. The van der Waals surface area contributed by atoms with Gasteiger partial charge >= 0.3 is 7.60 Å². The van der Waals surface area contributed by atoms with Gasteiger partial charge in [-0.2, -0.15) is 0 Å². The summed E-state index contributed by atoms with van der Waals surface area (Å²) in [6.07, 6.45) is 5.69. The molecule has 86 valence electrons. The highest BCUT2D eigenvalue weighted by Crippen LogP contribution is 2.65. The number of hydrogen-bond acceptors (Lipinski definition) is 3. The van der Waals surface area contributed by atoms with Crippen molar-refractivity contribution in [3.63, 3.8) is 0 Å². The summed E-state index contributed by atoms with van der Waals surface area (Å²) < 4.78 is 23.2. The molecule has 0 saturated heterocycles. The van der Waals surface area contributed by atoms with E-state index in [0.29, 0.717) is 25.0 Å². The van der Waals surface area contributed by atoms with E-state index in [4.69, 9.17) is 9.05 Å². The smallest absolute Gasteiger partial charge is 0.306 e. The van der Waals surface area contributed by atoms with E-state index in [1.165, 1.54) is 6.42 Å². The molecule has 2 atom stereocenters. The molecule has 0 spiro atoms. The highest BCUT2D eigenvalue weighted by Gasteiger charge is 2.43. The van der Waals surface area contributed by atoms with Gasteiger partial charge in [-0.15, -0.1) is 0 Å². The Balaban J connectivity index is 2.18. The van der Waals surface area contributed by atoms with E-state index in [-0.39, 0.29) is 0 Å². The van der Waals surface area contributed by atoms with E-state index in [9.17, 15) is 4.57 Å². The Morgan fingerprint density at radius 1 is 1.33 bits per heavy atom. The van der Waals surface area contributed by atoms with E-state index in [0.717, 1.165) is 18.2 Å². The lowest BCUT2D eigenvalue weighted by Crippen LogP contribution is -2.04. The van der Waals surface area contributed by atoms with Gasteiger partial charge in [0.25, 0.3) is 0 Å². The number of rotatable bonds is 5. The molecule has 0 aromatic carbocycles. The third-order valence-electron chi connectivity index (χ3n) is 3.21. The first kappa shape index (κ1) is 11.4. The van der Waals surface area contributed by atoms with Gasteiger partial charge in [0.2, 0.25) is 0 Å². The van der Waals surface area contributed by atoms with Crippen molar-refractivity contribution in [3.05, 3.63) is 11.4 Å². The molecule has 1 fully saturated rings. The van der Waals surface area contributed by atoms with Crippen LogP contribution in [0.4, 0.5) is 0 Å². The lowest BCUT2D eigenvalue weighted by Gasteiger charge is -2.22. The molecule has 0 aromatic rings. The van der Waals surface area contributed by atoms with Crippen LogP contribution in [0.15, 0.2) is 11.4 Å². The molecular weight excluding hydrogens is 211 g/mol. The summed E-state index contributed by atoms with van der Waals surface area (Å²) in [6.45, 7) is 4.62. The molecule has 1 saturated carbocycles. The molecule has 15 heavy (non-hydrogen) atoms. The fourth-order valence-corrected chi connectivity index (χ4v) is 4.78. The molecule has 0 heterocycles. The minimum absolute atomic E-state index is 0.450. The molecule has 0 radical (unpaired) electrons. The van der Waals surface area contributed by atoms with Gasteiger partial charge in [0.05, 0.1) is 13.2 Å². The minimum Gasteiger partial charge on any atom is -0.306 e. The van der Waals surface area contributed by atoms with Crippen LogP contribution in [0.3, 0.4) is 0 Å². The van der Waals surface area contributed by atoms with E-state index in [1.54, 1.807) is 0 Å². The lowest BCUT2D eigenvalue weighted by molar-refractivity contribution is 0.223. The van der Waals surface area contributed by atoms with Crippen molar-refractivity contribution >= 4 is 7.60 Å². The van der Waals surface area contributed by atoms with Crippen LogP contribution < -0.4 is 0 Å². The predicted molar refractivity (Wildman–Crippen MR) is 59.8 cm³/mol. The average molecular weight is 230 g/mol. The SMILES string of the molecule is CCOP(=O)(OCC)C1=CC2CCC1C2. The van der Waals surface area contributed by atoms with Crippen LogP contribution in [0.1, 0.15) is 33.1 Å². The molecule has 0 amide bonds. The maximum Gasteiger partial charge on any atom is 0.357 e. The molecule has 0 aromatic heterocycles. The third kappa shape index (κ3) is 2.06. The normalized spacial score (nSPS) is 29.6. The second-order valence-corrected chi connectivity index (χ2v) is 6.22. The van der Waals surface area contributed by atoms with Crippen LogP contribution in [-0.4, -0.2) is 13.2 Å². The summed E-state index contributed by atoms with van der Waals surface area (Å²) in [7, 11) is -2.95. The van der Waals surface area contributed by atoms with Gasteiger partial charge < -0.3 is 9.05 Å². The predicted octanol–water partition coefficient (Wildman–Crippen LogP) is 3.57. The minimum atomic E-state index is -2.95. The average Bonchev–Trinajstić information content (AvgIpc) is 2.79. The maximum atomic E-state index is 12.5. The van der Waals surface area contributed by atoms with Crippen molar-refractivity contribution in [2.75, 3.05) is 13.2 Å². The maximum absolute atomic E-state index is 12.5. The molecule has 3 nitrogen and oxygen atoms in total. The lowest BCUT2D eigenvalue weighted by atomic mass is 10.1. The standard InChI is InChI=1S/C11H19O3P/c1-3-13-15(12,14-4-2)11-8-9-5-6-10(11)7-9/h8-10H,3-7H2,1-2H3. The van der Waals surface area contributed by atoms with Crippen LogP contribution in [0, 0.1) is 11.8 Å². The summed E-state index contributed by atoms with van der Waals surface area (Å²) >= 11 is 0. The number of hydrogen-bond donors (Lipinski definition) is 0. The Morgan fingerprint density at radius 3 is 2.40 bits per heavy atom. The van der Waals surface area contributed by atoms with Crippen molar-refractivity contribution in [2.45, 2.75) is 33.1 Å². The monoisotopic (exact) mass is 230 g/mol. The molecule has 0 aliphatic heterocycles. The molecular formula is C11H19O3P. The van der Waals surface area contributed by atoms with Gasteiger partial charge in [-0.05, 0) is 44.9 Å². The first-order chi connectivity index (χ1) is 7.19. The highest BCUT2D eigenvalue weighted by atomic mass is 31.2. The number of fused-ring (bicyclic) bond motifs is 2. The zero-order valence-corrected chi connectivity index (χ0v) is 10.3. The van der Waals surface area contributed by atoms with Crippen molar-refractivity contribution in [1.82, 2.24) is 0 Å². The van der Waals surface area contributed by atoms with Gasteiger partial charge in [0.1, 0.15) is 0 Å². The van der Waals surface area contributed by atoms with E-state index < -0.39 is 7.60 Å². The Morgan fingerprint density at radius 2 is 2.00 bits per heavy atom. The van der Waals surface area contributed by atoms with Crippen molar-refractivity contribution in [3.8, 4) is 0 Å². The molecule has 2 unspecified atom stereocenters. The van der Waals surface area contributed by atoms with E-state index in [2.05, 4.69) is 6.08 Å². The fourth-order valence-electron chi connectivity index (χ4n) is 2.66. The Labute approximate surface area is 91.4 Å². The third-order valence-corrected chi connectivity index (χ3v) is 5.56. The second kappa shape index (κ2) is 4.40. The van der Waals surface area contributed by atoms with Crippen LogP contribution in [0.5, 0.6) is 0 Å². The van der Waals surface area contributed by atoms with Crippen molar-refractivity contribution < 1.29 is 13.6 Å².